The van der Waals surface area contributed by atoms with Gasteiger partial charge in [0.25, 0.3) is 5.78 Å². The van der Waals surface area contributed by atoms with Crippen LogP contribution < -0.4 is 9.64 Å². The van der Waals surface area contributed by atoms with E-state index in [0.29, 0.717) is 22.0 Å². The molecule has 140 valence electrons. The quantitative estimate of drug-likeness (QED) is 0.416. The van der Waals surface area contributed by atoms with Crippen LogP contribution in [0.2, 0.25) is 0 Å². The van der Waals surface area contributed by atoms with Crippen LogP contribution in [0.4, 0.5) is 5.13 Å². The second-order valence-corrected chi connectivity index (χ2v) is 6.87. The zero-order valence-electron chi connectivity index (χ0n) is 14.8. The highest BCUT2D eigenvalue weighted by Crippen LogP contribution is 2.43. The van der Waals surface area contributed by atoms with Gasteiger partial charge < -0.3 is 9.84 Å². The van der Waals surface area contributed by atoms with Gasteiger partial charge in [-0.2, -0.15) is 0 Å². The van der Waals surface area contributed by atoms with Crippen LogP contribution in [-0.4, -0.2) is 33.9 Å². The second kappa shape index (κ2) is 7.24. The Morgan fingerprint density at radius 2 is 1.96 bits per heavy atom. The van der Waals surface area contributed by atoms with Crippen LogP contribution >= 0.6 is 11.3 Å². The normalized spacial score (nSPS) is 18.5. The summed E-state index contributed by atoms with van der Waals surface area (Å²) in [5, 5.41) is 13.0. The fourth-order valence-electron chi connectivity index (χ4n) is 3.16. The maximum atomic E-state index is 12.9. The maximum Gasteiger partial charge on any atom is 0.301 e. The number of rotatable bonds is 4. The Labute approximate surface area is 164 Å². The third kappa shape index (κ3) is 2.93. The number of carbonyl (C=O) groups excluding carboxylic acids is 2. The average molecular weight is 393 g/mol. The van der Waals surface area contributed by atoms with Gasteiger partial charge in [-0.25, -0.2) is 4.98 Å². The van der Waals surface area contributed by atoms with Gasteiger partial charge in [-0.3, -0.25) is 19.5 Å². The molecule has 1 aliphatic rings. The summed E-state index contributed by atoms with van der Waals surface area (Å²) in [5.74, 6) is -1.19. The standard InChI is InChI=1S/C20H15N3O4S/c1-27-14-4-2-3-13(11-14)16-15(17(24)12-5-7-21-8-6-12)18(25)19(26)23(16)20-22-9-10-28-20/h2-11,16,24H,1H3. The number of carbonyl (C=O) groups is 2. The maximum absolute atomic E-state index is 12.9. The molecule has 1 aliphatic heterocycles. The number of aliphatic hydroxyl groups is 1. The van der Waals surface area contributed by atoms with Crippen molar-refractivity contribution in [2.75, 3.05) is 12.0 Å². The zero-order chi connectivity index (χ0) is 19.7. The van der Waals surface area contributed by atoms with Gasteiger partial charge in [0.2, 0.25) is 0 Å². The number of benzene rings is 1. The summed E-state index contributed by atoms with van der Waals surface area (Å²) in [5.41, 5.74) is 1.03. The Morgan fingerprint density at radius 1 is 1.18 bits per heavy atom. The molecule has 0 spiro atoms. The molecule has 1 amide bonds. The van der Waals surface area contributed by atoms with Gasteiger partial charge in [0, 0.05) is 29.5 Å². The van der Waals surface area contributed by atoms with Crippen LogP contribution in [0.1, 0.15) is 17.2 Å². The molecular formula is C20H15N3O4S. The smallest absolute Gasteiger partial charge is 0.301 e. The van der Waals surface area contributed by atoms with E-state index < -0.39 is 17.7 Å². The molecule has 1 N–H and O–H groups in total. The van der Waals surface area contributed by atoms with E-state index in [9.17, 15) is 14.7 Å². The average Bonchev–Trinajstić information content (AvgIpc) is 3.35. The molecule has 1 unspecified atom stereocenters. The Bertz CT molecular complexity index is 1060. The lowest BCUT2D eigenvalue weighted by Gasteiger charge is -2.23. The molecule has 0 radical (unpaired) electrons. The fourth-order valence-corrected chi connectivity index (χ4v) is 3.82. The molecular weight excluding hydrogens is 378 g/mol. The SMILES string of the molecule is COc1cccc(C2C(=C(O)c3ccncc3)C(=O)C(=O)N2c2nccs2)c1. The number of anilines is 1. The van der Waals surface area contributed by atoms with Crippen molar-refractivity contribution in [2.24, 2.45) is 0 Å². The number of aromatic nitrogens is 2. The summed E-state index contributed by atoms with van der Waals surface area (Å²) in [6, 6.07) is 9.37. The predicted molar refractivity (Wildman–Crippen MR) is 104 cm³/mol. The highest BCUT2D eigenvalue weighted by Gasteiger charge is 2.48. The van der Waals surface area contributed by atoms with Gasteiger partial charge >= 0.3 is 5.91 Å². The number of hydrogen-bond donors (Lipinski definition) is 1. The van der Waals surface area contributed by atoms with E-state index in [1.165, 1.54) is 35.7 Å². The summed E-state index contributed by atoms with van der Waals surface area (Å²) in [6.07, 6.45) is 4.57. The van der Waals surface area contributed by atoms with E-state index in [0.717, 1.165) is 0 Å². The molecule has 7 nitrogen and oxygen atoms in total. The number of Topliss-reactive ketones (excluding diaryl/α,β-unsaturated/α-hetero) is 1. The Balaban J connectivity index is 1.95. The van der Waals surface area contributed by atoms with Gasteiger partial charge in [0.1, 0.15) is 11.5 Å². The Morgan fingerprint density at radius 3 is 2.64 bits per heavy atom. The summed E-state index contributed by atoms with van der Waals surface area (Å²) in [7, 11) is 1.54. The molecule has 4 rings (SSSR count). The first-order chi connectivity index (χ1) is 13.6. The van der Waals surface area contributed by atoms with Crippen molar-refractivity contribution in [1.82, 2.24) is 9.97 Å². The first-order valence-electron chi connectivity index (χ1n) is 8.36. The number of methoxy groups -OCH3 is 1. The fraction of sp³-hybridized carbons (Fsp3) is 0.100. The van der Waals surface area contributed by atoms with Crippen LogP contribution in [-0.2, 0) is 9.59 Å². The lowest BCUT2D eigenvalue weighted by atomic mass is 9.95. The minimum absolute atomic E-state index is 0.000321. The molecule has 0 bridgehead atoms. The first kappa shape index (κ1) is 17.9. The van der Waals surface area contributed by atoms with Gasteiger partial charge in [0.05, 0.1) is 18.7 Å². The van der Waals surface area contributed by atoms with Crippen LogP contribution in [0.3, 0.4) is 0 Å². The lowest BCUT2D eigenvalue weighted by molar-refractivity contribution is -0.132. The number of nitrogens with zero attached hydrogens (tertiary/aromatic N) is 3. The Kier molecular flexibility index (Phi) is 4.62. The minimum Gasteiger partial charge on any atom is -0.507 e. The largest absolute Gasteiger partial charge is 0.507 e. The third-order valence-corrected chi connectivity index (χ3v) is 5.20. The number of ether oxygens (including phenoxy) is 1. The molecule has 1 saturated heterocycles. The topological polar surface area (TPSA) is 92.6 Å². The molecule has 1 fully saturated rings. The van der Waals surface area contributed by atoms with Crippen molar-refractivity contribution in [1.29, 1.82) is 0 Å². The van der Waals surface area contributed by atoms with E-state index in [1.807, 2.05) is 0 Å². The number of ketones is 1. The van der Waals surface area contributed by atoms with Crippen LogP contribution in [0.5, 0.6) is 5.75 Å². The van der Waals surface area contributed by atoms with Gasteiger partial charge in [-0.1, -0.05) is 12.1 Å². The molecule has 0 saturated carbocycles. The molecule has 3 heterocycles. The van der Waals surface area contributed by atoms with E-state index >= 15 is 0 Å². The summed E-state index contributed by atoms with van der Waals surface area (Å²) < 4.78 is 5.29. The van der Waals surface area contributed by atoms with Crippen molar-refractivity contribution < 1.29 is 19.4 Å². The number of hydrogen-bond acceptors (Lipinski definition) is 7. The first-order valence-corrected chi connectivity index (χ1v) is 9.24. The number of amides is 1. The number of aliphatic hydroxyl groups excluding tert-OH is 1. The second-order valence-electron chi connectivity index (χ2n) is 6.00. The van der Waals surface area contributed by atoms with E-state index in [4.69, 9.17) is 4.74 Å². The van der Waals surface area contributed by atoms with Crippen LogP contribution in [0, 0.1) is 0 Å². The highest BCUT2D eigenvalue weighted by atomic mass is 32.1. The van der Waals surface area contributed by atoms with Crippen molar-refractivity contribution in [3.8, 4) is 5.75 Å². The zero-order valence-corrected chi connectivity index (χ0v) is 15.6. The highest BCUT2D eigenvalue weighted by molar-refractivity contribution is 7.14. The number of thiazole rings is 1. The predicted octanol–water partition coefficient (Wildman–Crippen LogP) is 3.17. The van der Waals surface area contributed by atoms with Gasteiger partial charge in [0.15, 0.2) is 5.13 Å². The van der Waals surface area contributed by atoms with Gasteiger partial charge in [-0.15, -0.1) is 11.3 Å². The molecule has 1 aromatic carbocycles. The van der Waals surface area contributed by atoms with Crippen molar-refractivity contribution in [3.05, 3.63) is 77.1 Å². The molecule has 2 aromatic heterocycles. The molecule has 28 heavy (non-hydrogen) atoms. The van der Waals surface area contributed by atoms with Crippen molar-refractivity contribution >= 4 is 33.9 Å². The summed E-state index contributed by atoms with van der Waals surface area (Å²) in [6.45, 7) is 0. The third-order valence-electron chi connectivity index (χ3n) is 4.43. The molecule has 8 heteroatoms. The van der Waals surface area contributed by atoms with Gasteiger partial charge in [-0.05, 0) is 29.8 Å². The van der Waals surface area contributed by atoms with Crippen molar-refractivity contribution in [2.45, 2.75) is 6.04 Å². The molecule has 0 aliphatic carbocycles. The number of pyridine rings is 1. The summed E-state index contributed by atoms with van der Waals surface area (Å²) >= 11 is 1.24. The lowest BCUT2D eigenvalue weighted by Crippen LogP contribution is -2.29. The van der Waals surface area contributed by atoms with E-state index in [-0.39, 0.29) is 11.3 Å². The van der Waals surface area contributed by atoms with Crippen molar-refractivity contribution in [3.63, 3.8) is 0 Å². The monoisotopic (exact) mass is 393 g/mol. The molecule has 3 aromatic rings. The summed E-state index contributed by atoms with van der Waals surface area (Å²) in [4.78, 5) is 35.2. The molecule has 1 atom stereocenters. The van der Waals surface area contributed by atoms with E-state index in [2.05, 4.69) is 9.97 Å². The minimum atomic E-state index is -0.825. The van der Waals surface area contributed by atoms with E-state index in [1.54, 1.807) is 48.0 Å². The Hall–Kier alpha value is -3.52. The van der Waals surface area contributed by atoms with Crippen LogP contribution in [0.25, 0.3) is 5.76 Å². The van der Waals surface area contributed by atoms with Crippen LogP contribution in [0.15, 0.2) is 65.9 Å².